The van der Waals surface area contributed by atoms with Gasteiger partial charge in [-0.3, -0.25) is 4.79 Å². The van der Waals surface area contributed by atoms with E-state index in [1.54, 1.807) is 44.6 Å². The van der Waals surface area contributed by atoms with E-state index in [1.165, 1.54) is 0 Å². The second-order valence-electron chi connectivity index (χ2n) is 4.21. The Kier molecular flexibility index (Phi) is 4.56. The lowest BCUT2D eigenvalue weighted by Crippen LogP contribution is -1.93. The van der Waals surface area contributed by atoms with E-state index in [0.29, 0.717) is 17.1 Å². The Morgan fingerprint density at radius 2 is 1.55 bits per heavy atom. The number of allylic oxidation sites excluding steroid dienone is 1. The normalized spacial score (nSPS) is 10.5. The summed E-state index contributed by atoms with van der Waals surface area (Å²) in [6.07, 6.45) is 3.30. The number of ketones is 1. The minimum Gasteiger partial charge on any atom is -0.497 e. The highest BCUT2D eigenvalue weighted by molar-refractivity contribution is 6.06. The van der Waals surface area contributed by atoms with Crippen molar-refractivity contribution in [3.8, 4) is 11.5 Å². The van der Waals surface area contributed by atoms with Gasteiger partial charge in [-0.2, -0.15) is 0 Å². The molecule has 0 atom stereocenters. The van der Waals surface area contributed by atoms with E-state index in [2.05, 4.69) is 0 Å². The number of methoxy groups -OCH3 is 2. The molecule has 0 fully saturated rings. The average molecular weight is 268 g/mol. The van der Waals surface area contributed by atoms with Crippen molar-refractivity contribution < 1.29 is 14.3 Å². The third-order valence-corrected chi connectivity index (χ3v) is 2.86. The van der Waals surface area contributed by atoms with E-state index in [-0.39, 0.29) is 5.78 Å². The summed E-state index contributed by atoms with van der Waals surface area (Å²) in [7, 11) is 3.19. The zero-order valence-corrected chi connectivity index (χ0v) is 11.5. The van der Waals surface area contributed by atoms with Crippen LogP contribution in [0.5, 0.6) is 11.5 Å². The largest absolute Gasteiger partial charge is 0.497 e. The van der Waals surface area contributed by atoms with Gasteiger partial charge in [-0.25, -0.2) is 0 Å². The minimum absolute atomic E-state index is 0.0348. The van der Waals surface area contributed by atoms with Crippen LogP contribution in [0.15, 0.2) is 54.6 Å². The first kappa shape index (κ1) is 13.9. The van der Waals surface area contributed by atoms with Crippen molar-refractivity contribution in [3.63, 3.8) is 0 Å². The van der Waals surface area contributed by atoms with E-state index in [9.17, 15) is 4.79 Å². The third-order valence-electron chi connectivity index (χ3n) is 2.86. The van der Waals surface area contributed by atoms with Crippen LogP contribution in [0.1, 0.15) is 15.9 Å². The van der Waals surface area contributed by atoms with Crippen LogP contribution in [0, 0.1) is 0 Å². The Balaban J connectivity index is 2.21. The molecule has 2 aromatic rings. The van der Waals surface area contributed by atoms with Gasteiger partial charge in [0.15, 0.2) is 5.78 Å². The number of ether oxygens (including phenoxy) is 2. The van der Waals surface area contributed by atoms with Gasteiger partial charge in [-0.15, -0.1) is 0 Å². The maximum Gasteiger partial charge on any atom is 0.185 e. The average Bonchev–Trinajstić information content (AvgIpc) is 2.53. The summed E-state index contributed by atoms with van der Waals surface area (Å²) in [5.41, 5.74) is 1.52. The molecule has 0 aliphatic carbocycles. The fourth-order valence-corrected chi connectivity index (χ4v) is 1.80. The molecule has 0 heterocycles. The second kappa shape index (κ2) is 6.57. The summed E-state index contributed by atoms with van der Waals surface area (Å²) in [6.45, 7) is 0. The topological polar surface area (TPSA) is 35.5 Å². The number of carbonyl (C=O) groups is 1. The molecule has 0 amide bonds. The van der Waals surface area contributed by atoms with E-state index in [0.717, 1.165) is 5.56 Å². The zero-order valence-electron chi connectivity index (χ0n) is 11.5. The van der Waals surface area contributed by atoms with Gasteiger partial charge in [0.2, 0.25) is 0 Å². The Hall–Kier alpha value is -2.55. The fourth-order valence-electron chi connectivity index (χ4n) is 1.80. The fraction of sp³-hybridized carbons (Fsp3) is 0.118. The molecule has 0 aliphatic rings. The third kappa shape index (κ3) is 3.48. The molecule has 0 bridgehead atoms. The highest BCUT2D eigenvalue weighted by Gasteiger charge is 2.02. The minimum atomic E-state index is -0.0348. The quantitative estimate of drug-likeness (QED) is 0.614. The van der Waals surface area contributed by atoms with Gasteiger partial charge in [-0.05, 0) is 23.8 Å². The van der Waals surface area contributed by atoms with E-state index < -0.39 is 0 Å². The molecule has 2 rings (SSSR count). The smallest absolute Gasteiger partial charge is 0.185 e. The molecule has 0 radical (unpaired) electrons. The van der Waals surface area contributed by atoms with Crippen LogP contribution in [0.4, 0.5) is 0 Å². The molecule has 0 saturated heterocycles. The number of hydrogen-bond acceptors (Lipinski definition) is 3. The Labute approximate surface area is 118 Å². The maximum atomic E-state index is 12.0. The van der Waals surface area contributed by atoms with E-state index in [4.69, 9.17) is 9.47 Å². The Bertz CT molecular complexity index is 593. The standard InChI is InChI=1S/C17H16O3/c1-19-15-10-13(11-16(12-15)20-2)8-9-17(18)14-6-4-3-5-7-14/h3-12H,1-2H3/b9-8+. The summed E-state index contributed by atoms with van der Waals surface area (Å²) >= 11 is 0. The molecule has 0 aromatic heterocycles. The SMILES string of the molecule is COc1cc(/C=C/C(=O)c2ccccc2)cc(OC)c1. The molecule has 20 heavy (non-hydrogen) atoms. The lowest BCUT2D eigenvalue weighted by atomic mass is 10.1. The number of rotatable bonds is 5. The van der Waals surface area contributed by atoms with Gasteiger partial charge in [0.25, 0.3) is 0 Å². The first-order valence-corrected chi connectivity index (χ1v) is 6.23. The second-order valence-corrected chi connectivity index (χ2v) is 4.21. The molecular formula is C17H16O3. The van der Waals surface area contributed by atoms with Crippen LogP contribution in [-0.4, -0.2) is 20.0 Å². The maximum absolute atomic E-state index is 12.0. The van der Waals surface area contributed by atoms with Crippen molar-refractivity contribution in [2.24, 2.45) is 0 Å². The van der Waals surface area contributed by atoms with Crippen molar-refractivity contribution in [3.05, 3.63) is 65.7 Å². The highest BCUT2D eigenvalue weighted by Crippen LogP contribution is 2.23. The molecule has 3 heteroatoms. The van der Waals surface area contributed by atoms with Gasteiger partial charge in [-0.1, -0.05) is 36.4 Å². The number of hydrogen-bond donors (Lipinski definition) is 0. The van der Waals surface area contributed by atoms with Gasteiger partial charge >= 0.3 is 0 Å². The van der Waals surface area contributed by atoms with Gasteiger partial charge in [0, 0.05) is 11.6 Å². The van der Waals surface area contributed by atoms with Gasteiger partial charge in [0.1, 0.15) is 11.5 Å². The summed E-state index contributed by atoms with van der Waals surface area (Å²) in [4.78, 5) is 12.0. The highest BCUT2D eigenvalue weighted by atomic mass is 16.5. The molecule has 0 aliphatic heterocycles. The van der Waals surface area contributed by atoms with Crippen molar-refractivity contribution in [1.82, 2.24) is 0 Å². The van der Waals surface area contributed by atoms with E-state index >= 15 is 0 Å². The number of carbonyl (C=O) groups excluding carboxylic acids is 1. The summed E-state index contributed by atoms with van der Waals surface area (Å²) < 4.78 is 10.4. The van der Waals surface area contributed by atoms with Crippen LogP contribution in [0.25, 0.3) is 6.08 Å². The van der Waals surface area contributed by atoms with Crippen molar-refractivity contribution in [1.29, 1.82) is 0 Å². The van der Waals surface area contributed by atoms with Crippen LogP contribution >= 0.6 is 0 Å². The molecule has 0 spiro atoms. The Morgan fingerprint density at radius 1 is 0.950 bits per heavy atom. The predicted octanol–water partition coefficient (Wildman–Crippen LogP) is 3.60. The Morgan fingerprint density at radius 3 is 2.10 bits per heavy atom. The van der Waals surface area contributed by atoms with Gasteiger partial charge in [0.05, 0.1) is 14.2 Å². The lowest BCUT2D eigenvalue weighted by Gasteiger charge is -2.05. The lowest BCUT2D eigenvalue weighted by molar-refractivity contribution is 0.104. The van der Waals surface area contributed by atoms with Crippen molar-refractivity contribution in [2.75, 3.05) is 14.2 Å². The monoisotopic (exact) mass is 268 g/mol. The molecular weight excluding hydrogens is 252 g/mol. The molecule has 2 aromatic carbocycles. The van der Waals surface area contributed by atoms with Crippen LogP contribution in [-0.2, 0) is 0 Å². The van der Waals surface area contributed by atoms with E-state index in [1.807, 2.05) is 30.3 Å². The predicted molar refractivity (Wildman–Crippen MR) is 79.4 cm³/mol. The van der Waals surface area contributed by atoms with Gasteiger partial charge < -0.3 is 9.47 Å². The molecule has 3 nitrogen and oxygen atoms in total. The summed E-state index contributed by atoms with van der Waals surface area (Å²) in [5.74, 6) is 1.35. The summed E-state index contributed by atoms with van der Waals surface area (Å²) in [5, 5.41) is 0. The summed E-state index contributed by atoms with van der Waals surface area (Å²) in [6, 6.07) is 14.6. The zero-order chi connectivity index (χ0) is 14.4. The van der Waals surface area contributed by atoms with Crippen molar-refractivity contribution >= 4 is 11.9 Å². The molecule has 0 N–H and O–H groups in total. The molecule has 102 valence electrons. The first-order chi connectivity index (χ1) is 9.72. The number of benzene rings is 2. The van der Waals surface area contributed by atoms with Crippen LogP contribution < -0.4 is 9.47 Å². The molecule has 0 saturated carbocycles. The molecule has 0 unspecified atom stereocenters. The first-order valence-electron chi connectivity index (χ1n) is 6.23. The van der Waals surface area contributed by atoms with Crippen molar-refractivity contribution in [2.45, 2.75) is 0 Å². The van der Waals surface area contributed by atoms with Crippen LogP contribution in [0.2, 0.25) is 0 Å². The van der Waals surface area contributed by atoms with Crippen LogP contribution in [0.3, 0.4) is 0 Å².